The molecule has 4 heteroatoms. The van der Waals surface area contributed by atoms with Crippen molar-refractivity contribution in [3.63, 3.8) is 0 Å². The Morgan fingerprint density at radius 2 is 2.28 bits per heavy atom. The minimum atomic E-state index is 0.338. The average molecular weight is 249 g/mol. The predicted octanol–water partition coefficient (Wildman–Crippen LogP) is 1.79. The highest BCUT2D eigenvalue weighted by Crippen LogP contribution is 2.17. The van der Waals surface area contributed by atoms with Gasteiger partial charge in [0.25, 0.3) is 0 Å². The van der Waals surface area contributed by atoms with Gasteiger partial charge in [-0.3, -0.25) is 4.79 Å². The van der Waals surface area contributed by atoms with Gasteiger partial charge in [0.05, 0.1) is 6.42 Å². The van der Waals surface area contributed by atoms with E-state index in [0.717, 1.165) is 51.1 Å². The molecule has 4 nitrogen and oxygen atoms in total. The zero-order chi connectivity index (χ0) is 12.8. The number of hydrogen-bond acceptors (Lipinski definition) is 3. The van der Waals surface area contributed by atoms with Crippen molar-refractivity contribution in [2.24, 2.45) is 5.92 Å². The molecule has 1 aliphatic heterocycles. The van der Waals surface area contributed by atoms with E-state index >= 15 is 0 Å². The highest BCUT2D eigenvalue weighted by molar-refractivity contribution is 5.80. The van der Waals surface area contributed by atoms with Gasteiger partial charge in [0.1, 0.15) is 11.6 Å². The van der Waals surface area contributed by atoms with Crippen molar-refractivity contribution >= 4 is 5.78 Å². The summed E-state index contributed by atoms with van der Waals surface area (Å²) in [6.07, 6.45) is 8.33. The van der Waals surface area contributed by atoms with Crippen LogP contribution in [0.1, 0.15) is 38.4 Å². The Balaban J connectivity index is 1.84. The summed E-state index contributed by atoms with van der Waals surface area (Å²) in [5, 5.41) is 3.33. The second-order valence-corrected chi connectivity index (χ2v) is 5.15. The van der Waals surface area contributed by atoms with Gasteiger partial charge in [-0.25, -0.2) is 4.98 Å². The molecule has 0 aromatic carbocycles. The number of piperidine rings is 1. The first-order valence-electron chi connectivity index (χ1n) is 7.02. The molecule has 0 bridgehead atoms. The fourth-order valence-electron chi connectivity index (χ4n) is 2.61. The van der Waals surface area contributed by atoms with Crippen molar-refractivity contribution < 1.29 is 4.79 Å². The zero-order valence-electron chi connectivity index (χ0n) is 11.2. The average Bonchev–Trinajstić information content (AvgIpc) is 2.78. The van der Waals surface area contributed by atoms with Crippen LogP contribution in [0, 0.1) is 5.92 Å². The van der Waals surface area contributed by atoms with E-state index in [2.05, 4.69) is 21.8 Å². The molecule has 0 atom stereocenters. The molecule has 1 aromatic rings. The van der Waals surface area contributed by atoms with Gasteiger partial charge in [0, 0.05) is 25.4 Å². The summed E-state index contributed by atoms with van der Waals surface area (Å²) in [5.41, 5.74) is 0. The third-order valence-electron chi connectivity index (χ3n) is 3.60. The molecule has 1 fully saturated rings. The van der Waals surface area contributed by atoms with Gasteiger partial charge >= 0.3 is 0 Å². The minimum Gasteiger partial charge on any atom is -0.335 e. The second kappa shape index (κ2) is 6.69. The van der Waals surface area contributed by atoms with Gasteiger partial charge in [-0.1, -0.05) is 6.92 Å². The molecule has 2 rings (SSSR count). The van der Waals surface area contributed by atoms with E-state index in [0.29, 0.717) is 18.1 Å². The molecule has 0 aliphatic carbocycles. The number of carbonyl (C=O) groups excluding carboxylic acids is 1. The SMILES string of the molecule is CCCn1ccnc1CC(=O)CC1CCNCC1. The first-order valence-corrected chi connectivity index (χ1v) is 7.02. The van der Waals surface area contributed by atoms with Crippen LogP contribution in [0.3, 0.4) is 0 Å². The fraction of sp³-hybridized carbons (Fsp3) is 0.714. The van der Waals surface area contributed by atoms with Crippen LogP contribution in [-0.4, -0.2) is 28.4 Å². The Kier molecular flexibility index (Phi) is 4.93. The van der Waals surface area contributed by atoms with Crippen LogP contribution >= 0.6 is 0 Å². The quantitative estimate of drug-likeness (QED) is 0.836. The lowest BCUT2D eigenvalue weighted by molar-refractivity contribution is -0.119. The molecule has 1 aliphatic rings. The lowest BCUT2D eigenvalue weighted by Gasteiger charge is -2.21. The lowest BCUT2D eigenvalue weighted by Crippen LogP contribution is -2.29. The molecule has 100 valence electrons. The van der Waals surface area contributed by atoms with Crippen molar-refractivity contribution in [3.8, 4) is 0 Å². The summed E-state index contributed by atoms with van der Waals surface area (Å²) < 4.78 is 2.10. The maximum atomic E-state index is 12.1. The number of nitrogens with zero attached hydrogens (tertiary/aromatic N) is 2. The third kappa shape index (κ3) is 3.67. The first kappa shape index (κ1) is 13.3. The Morgan fingerprint density at radius 3 is 3.00 bits per heavy atom. The number of aryl methyl sites for hydroxylation is 1. The Labute approximate surface area is 109 Å². The van der Waals surface area contributed by atoms with Crippen LogP contribution in [0.4, 0.5) is 0 Å². The molecule has 0 unspecified atom stereocenters. The van der Waals surface area contributed by atoms with E-state index in [1.165, 1.54) is 0 Å². The van der Waals surface area contributed by atoms with Crippen molar-refractivity contribution in [2.45, 2.75) is 45.6 Å². The molecule has 0 saturated carbocycles. The van der Waals surface area contributed by atoms with Gasteiger partial charge in [0.15, 0.2) is 0 Å². The van der Waals surface area contributed by atoms with E-state index in [-0.39, 0.29) is 0 Å². The fourth-order valence-corrected chi connectivity index (χ4v) is 2.61. The highest BCUT2D eigenvalue weighted by atomic mass is 16.1. The summed E-state index contributed by atoms with van der Waals surface area (Å²) >= 11 is 0. The Morgan fingerprint density at radius 1 is 1.50 bits per heavy atom. The molecular formula is C14H23N3O. The molecule has 0 amide bonds. The Bertz CT molecular complexity index is 380. The zero-order valence-corrected chi connectivity index (χ0v) is 11.2. The standard InChI is InChI=1S/C14H23N3O/c1-2-8-17-9-7-16-14(17)11-13(18)10-12-3-5-15-6-4-12/h7,9,12,15H,2-6,8,10-11H2,1H3. The summed E-state index contributed by atoms with van der Waals surface area (Å²) in [6, 6.07) is 0. The van der Waals surface area contributed by atoms with Crippen molar-refractivity contribution in [1.82, 2.24) is 14.9 Å². The maximum absolute atomic E-state index is 12.1. The van der Waals surface area contributed by atoms with Crippen LogP contribution in [0.5, 0.6) is 0 Å². The number of rotatable bonds is 6. The number of nitrogens with one attached hydrogen (secondary N) is 1. The van der Waals surface area contributed by atoms with E-state index in [4.69, 9.17) is 0 Å². The smallest absolute Gasteiger partial charge is 0.140 e. The van der Waals surface area contributed by atoms with E-state index < -0.39 is 0 Å². The van der Waals surface area contributed by atoms with Gasteiger partial charge < -0.3 is 9.88 Å². The van der Waals surface area contributed by atoms with E-state index in [9.17, 15) is 4.79 Å². The van der Waals surface area contributed by atoms with Gasteiger partial charge in [-0.15, -0.1) is 0 Å². The minimum absolute atomic E-state index is 0.338. The van der Waals surface area contributed by atoms with Crippen LogP contribution in [0.2, 0.25) is 0 Å². The maximum Gasteiger partial charge on any atom is 0.140 e. The topological polar surface area (TPSA) is 46.9 Å². The van der Waals surface area contributed by atoms with E-state index in [1.807, 2.05) is 6.20 Å². The third-order valence-corrected chi connectivity index (χ3v) is 3.60. The van der Waals surface area contributed by atoms with Crippen LogP contribution in [-0.2, 0) is 17.8 Å². The summed E-state index contributed by atoms with van der Waals surface area (Å²) in [7, 11) is 0. The predicted molar refractivity (Wildman–Crippen MR) is 71.4 cm³/mol. The molecular weight excluding hydrogens is 226 g/mol. The monoisotopic (exact) mass is 249 g/mol. The number of ketones is 1. The second-order valence-electron chi connectivity index (χ2n) is 5.15. The number of hydrogen-bond donors (Lipinski definition) is 1. The van der Waals surface area contributed by atoms with Gasteiger partial charge in [-0.2, -0.15) is 0 Å². The summed E-state index contributed by atoms with van der Waals surface area (Å²) in [6.45, 7) is 5.21. The summed E-state index contributed by atoms with van der Waals surface area (Å²) in [5.74, 6) is 1.84. The molecule has 18 heavy (non-hydrogen) atoms. The molecule has 1 saturated heterocycles. The van der Waals surface area contributed by atoms with Gasteiger partial charge in [0.2, 0.25) is 0 Å². The van der Waals surface area contributed by atoms with Gasteiger partial charge in [-0.05, 0) is 38.3 Å². The molecule has 2 heterocycles. The molecule has 1 N–H and O–H groups in total. The lowest BCUT2D eigenvalue weighted by atomic mass is 9.92. The first-order chi connectivity index (χ1) is 8.79. The largest absolute Gasteiger partial charge is 0.335 e. The van der Waals surface area contributed by atoms with Crippen LogP contribution in [0.15, 0.2) is 12.4 Å². The van der Waals surface area contributed by atoms with Crippen LogP contribution in [0.25, 0.3) is 0 Å². The van der Waals surface area contributed by atoms with Crippen molar-refractivity contribution in [2.75, 3.05) is 13.1 Å². The van der Waals surface area contributed by atoms with Crippen molar-refractivity contribution in [1.29, 1.82) is 0 Å². The summed E-state index contributed by atoms with van der Waals surface area (Å²) in [4.78, 5) is 16.4. The number of Topliss-reactive ketones (excluding diaryl/α,β-unsaturated/α-hetero) is 1. The highest BCUT2D eigenvalue weighted by Gasteiger charge is 2.18. The molecule has 1 aromatic heterocycles. The number of imidazole rings is 1. The van der Waals surface area contributed by atoms with Crippen LogP contribution < -0.4 is 5.32 Å². The normalized spacial score (nSPS) is 16.9. The van der Waals surface area contributed by atoms with Crippen molar-refractivity contribution in [3.05, 3.63) is 18.2 Å². The number of carbonyl (C=O) groups is 1. The molecule has 0 spiro atoms. The Hall–Kier alpha value is -1.16. The van der Waals surface area contributed by atoms with E-state index in [1.54, 1.807) is 6.20 Å². The molecule has 0 radical (unpaired) electrons. The number of aromatic nitrogens is 2.